The smallest absolute Gasteiger partial charge is 0.309 e. The Kier molecular flexibility index (Phi) is 11.8. The number of esters is 1. The first-order chi connectivity index (χ1) is 28.6. The lowest BCUT2D eigenvalue weighted by molar-refractivity contribution is -0.238. The molecule has 4 N–H and O–H groups in total. The van der Waals surface area contributed by atoms with Crippen LogP contribution in [0.1, 0.15) is 151 Å². The summed E-state index contributed by atoms with van der Waals surface area (Å²) in [7, 11) is 0. The van der Waals surface area contributed by atoms with Crippen molar-refractivity contribution in [3.8, 4) is 0 Å². The van der Waals surface area contributed by atoms with Crippen LogP contribution in [0.5, 0.6) is 0 Å². The highest BCUT2D eigenvalue weighted by atomic mass is 35.5. The number of halogens is 2. The number of carbonyl (C=O) groups excluding carboxylic acids is 4. The quantitative estimate of drug-likeness (QED) is 0.169. The number of aliphatic carboxylic acids is 1. The molecule has 0 saturated heterocycles. The Morgan fingerprint density at radius 3 is 2.15 bits per heavy atom. The van der Waals surface area contributed by atoms with Gasteiger partial charge in [-0.15, -0.1) is 0 Å². The molecule has 0 spiro atoms. The van der Waals surface area contributed by atoms with Crippen LogP contribution in [0, 0.1) is 68.0 Å². The first-order valence-corrected chi connectivity index (χ1v) is 23.8. The summed E-state index contributed by atoms with van der Waals surface area (Å²) < 4.78 is 6.41. The minimum Gasteiger partial charge on any atom is -0.481 e. The molecule has 2 amide bonds. The summed E-state index contributed by atoms with van der Waals surface area (Å²) >= 11 is 12.2. The summed E-state index contributed by atoms with van der Waals surface area (Å²) in [6.45, 7) is 23.1. The van der Waals surface area contributed by atoms with Gasteiger partial charge in [-0.3, -0.25) is 24.0 Å². The molecule has 0 unspecified atom stereocenters. The molecule has 0 heterocycles. The van der Waals surface area contributed by atoms with Gasteiger partial charge in [-0.2, -0.15) is 0 Å². The molecule has 1 aromatic rings. The van der Waals surface area contributed by atoms with Gasteiger partial charge in [0.25, 0.3) is 5.91 Å². The van der Waals surface area contributed by atoms with Crippen LogP contribution in [0.25, 0.3) is 0 Å². The SMILES string of the molecule is CC(C)C1=C2[C@H]3CC[C@@H]4[C@@]5(C)CC[C@H](OC(=O)[C@H]6C[C@@H](C(=O)O)C6(C)C)C(C)(C)[C@@H]5CC[C@@]4(C)[C@]3(C)CC[C@@]2([C@@H](O)CNC(=O)C(C)(C)NC(=O)c2ccc(Cl)c(Cl)c2)CC1=O. The molecule has 5 saturated carbocycles. The monoisotopic (exact) mass is 896 g/mol. The highest BCUT2D eigenvalue weighted by Crippen LogP contribution is 2.77. The van der Waals surface area contributed by atoms with E-state index in [9.17, 15) is 34.2 Å². The van der Waals surface area contributed by atoms with Crippen LogP contribution >= 0.6 is 23.2 Å². The molecule has 6 aliphatic carbocycles. The summed E-state index contributed by atoms with van der Waals surface area (Å²) in [6, 6.07) is 4.52. The second-order valence-corrected chi connectivity index (χ2v) is 23.9. The maximum absolute atomic E-state index is 14.2. The normalized spacial score (nSPS) is 37.5. The molecule has 0 radical (unpaired) electrons. The van der Waals surface area contributed by atoms with E-state index in [1.165, 1.54) is 18.2 Å². The number of ketones is 1. The minimum atomic E-state index is -1.32. The largest absolute Gasteiger partial charge is 0.481 e. The highest BCUT2D eigenvalue weighted by Gasteiger charge is 2.71. The van der Waals surface area contributed by atoms with Crippen LogP contribution in [-0.4, -0.2) is 64.0 Å². The van der Waals surface area contributed by atoms with Crippen molar-refractivity contribution in [3.05, 3.63) is 45.0 Å². The summed E-state index contributed by atoms with van der Waals surface area (Å²) in [5, 5.41) is 28.3. The van der Waals surface area contributed by atoms with Gasteiger partial charge in [0.2, 0.25) is 5.91 Å². The van der Waals surface area contributed by atoms with Gasteiger partial charge >= 0.3 is 11.9 Å². The molecule has 10 nitrogen and oxygen atoms in total. The number of aliphatic hydroxyl groups is 1. The van der Waals surface area contributed by atoms with Crippen molar-refractivity contribution in [1.82, 2.24) is 10.6 Å². The zero-order valence-corrected chi connectivity index (χ0v) is 40.2. The first-order valence-electron chi connectivity index (χ1n) is 23.0. The molecule has 7 rings (SSSR count). The highest BCUT2D eigenvalue weighted by molar-refractivity contribution is 6.42. The fourth-order valence-corrected chi connectivity index (χ4v) is 15.2. The lowest BCUT2D eigenvalue weighted by Gasteiger charge is -2.72. The number of hydrogen-bond donors (Lipinski definition) is 4. The molecule has 0 bridgehead atoms. The number of fused-ring (bicyclic) bond motifs is 7. The molecule has 0 aromatic heterocycles. The van der Waals surface area contributed by atoms with E-state index in [1.54, 1.807) is 13.8 Å². The Labute approximate surface area is 378 Å². The Morgan fingerprint density at radius 1 is 0.855 bits per heavy atom. The number of carbonyl (C=O) groups is 5. The van der Waals surface area contributed by atoms with Gasteiger partial charge in [-0.25, -0.2) is 0 Å². The fraction of sp³-hybridized carbons (Fsp3) is 0.740. The number of rotatable bonds is 10. The molecule has 11 atom stereocenters. The molecule has 62 heavy (non-hydrogen) atoms. The van der Waals surface area contributed by atoms with Crippen molar-refractivity contribution in [2.45, 2.75) is 158 Å². The van der Waals surface area contributed by atoms with Crippen molar-refractivity contribution in [2.75, 3.05) is 6.54 Å². The van der Waals surface area contributed by atoms with Gasteiger partial charge in [0.15, 0.2) is 5.78 Å². The lowest BCUT2D eigenvalue weighted by Crippen LogP contribution is -2.66. The van der Waals surface area contributed by atoms with Gasteiger partial charge < -0.3 is 25.6 Å². The average molecular weight is 898 g/mol. The number of carboxylic acids is 1. The lowest BCUT2D eigenvalue weighted by atomic mass is 9.33. The van der Waals surface area contributed by atoms with Crippen LogP contribution in [0.4, 0.5) is 0 Å². The maximum Gasteiger partial charge on any atom is 0.309 e. The standard InChI is InChI=1S/C50H70Cl2N2O8/c1-26(2)38-33(55)24-50(36(56)25-53-43(61)46(7,8)54-40(57)27-12-14-31(51)32(52)22-27)21-20-48(10)28(39(38)50)13-15-35-47(9)18-17-37(45(5,6)34(47)16-19-49(35,48)11)62-42(60)30-23-29(41(58)59)44(30,3)4/h12,14,22,26,28-30,34-37,56H,13,15-21,23-25H2,1-11H3,(H,53,61)(H,54,57)(H,58,59)/t28-,29+,30-,34+,35-,36+,37+,47+,48-,49-,50+/m1/s1. The number of amides is 2. The Hall–Kier alpha value is -2.95. The molecular weight excluding hydrogens is 827 g/mol. The summed E-state index contributed by atoms with van der Waals surface area (Å²) in [4.78, 5) is 66.5. The molecule has 6 aliphatic rings. The second-order valence-electron chi connectivity index (χ2n) is 23.1. The molecule has 0 aliphatic heterocycles. The predicted octanol–water partition coefficient (Wildman–Crippen LogP) is 9.62. The van der Waals surface area contributed by atoms with E-state index in [2.05, 4.69) is 59.1 Å². The molecule has 5 fully saturated rings. The second kappa shape index (κ2) is 15.6. The zero-order chi connectivity index (χ0) is 45.9. The van der Waals surface area contributed by atoms with E-state index in [-0.39, 0.29) is 74.9 Å². The van der Waals surface area contributed by atoms with Gasteiger partial charge in [0.05, 0.1) is 28.0 Å². The van der Waals surface area contributed by atoms with Crippen molar-refractivity contribution >= 4 is 52.7 Å². The Morgan fingerprint density at radius 2 is 1.53 bits per heavy atom. The minimum absolute atomic E-state index is 0.00133. The van der Waals surface area contributed by atoms with Crippen molar-refractivity contribution in [2.24, 2.45) is 68.0 Å². The van der Waals surface area contributed by atoms with E-state index in [0.717, 1.165) is 56.1 Å². The van der Waals surface area contributed by atoms with Crippen molar-refractivity contribution < 1.29 is 38.9 Å². The number of hydrogen-bond acceptors (Lipinski definition) is 7. The number of allylic oxidation sites excluding steroid dienone is 1. The first kappa shape index (κ1) is 47.0. The number of benzene rings is 1. The van der Waals surface area contributed by atoms with Crippen molar-refractivity contribution in [1.29, 1.82) is 0 Å². The topological polar surface area (TPSA) is 159 Å². The van der Waals surface area contributed by atoms with Crippen LogP contribution in [0.3, 0.4) is 0 Å². The van der Waals surface area contributed by atoms with Crippen LogP contribution in [0.2, 0.25) is 10.0 Å². The van der Waals surface area contributed by atoms with E-state index >= 15 is 0 Å². The Balaban J connectivity index is 1.10. The van der Waals surface area contributed by atoms with Crippen LogP contribution < -0.4 is 10.6 Å². The molecule has 1 aromatic carbocycles. The number of Topliss-reactive ketones (excluding diaryl/α,β-unsaturated/α-hetero) is 1. The van der Waals surface area contributed by atoms with Crippen molar-refractivity contribution in [3.63, 3.8) is 0 Å². The fourth-order valence-electron chi connectivity index (χ4n) is 14.9. The summed E-state index contributed by atoms with van der Waals surface area (Å²) in [5.74, 6) is -2.10. The van der Waals surface area contributed by atoms with E-state index in [0.29, 0.717) is 29.7 Å². The zero-order valence-electron chi connectivity index (χ0n) is 38.7. The number of ether oxygens (including phenoxy) is 1. The van der Waals surface area contributed by atoms with Crippen LogP contribution in [-0.2, 0) is 23.9 Å². The van der Waals surface area contributed by atoms with Gasteiger partial charge in [-0.05, 0) is 141 Å². The number of carboxylic acid groups (broad SMARTS) is 1. The third-order valence-electron chi connectivity index (χ3n) is 18.8. The third-order valence-corrected chi connectivity index (χ3v) is 19.5. The van der Waals surface area contributed by atoms with E-state index in [4.69, 9.17) is 27.9 Å². The van der Waals surface area contributed by atoms with E-state index < -0.39 is 52.1 Å². The maximum atomic E-state index is 14.2. The number of aliphatic hydroxyl groups excluding tert-OH is 1. The predicted molar refractivity (Wildman–Crippen MR) is 239 cm³/mol. The Bertz CT molecular complexity index is 2090. The average Bonchev–Trinajstić information content (AvgIpc) is 3.48. The van der Waals surface area contributed by atoms with Gasteiger partial charge in [0.1, 0.15) is 11.6 Å². The van der Waals surface area contributed by atoms with Gasteiger partial charge in [0, 0.05) is 29.4 Å². The summed E-state index contributed by atoms with van der Waals surface area (Å²) in [5.41, 5.74) is -0.990. The number of nitrogens with one attached hydrogen (secondary N) is 2. The molecule has 12 heteroatoms. The van der Waals surface area contributed by atoms with Crippen LogP contribution in [0.15, 0.2) is 29.3 Å². The third kappa shape index (κ3) is 7.00. The molecular formula is C50H70Cl2N2O8. The summed E-state index contributed by atoms with van der Waals surface area (Å²) in [6.07, 6.45) is 6.40. The van der Waals surface area contributed by atoms with Gasteiger partial charge in [-0.1, -0.05) is 91.1 Å². The molecule has 342 valence electrons. The van der Waals surface area contributed by atoms with E-state index in [1.807, 2.05) is 13.8 Å².